The van der Waals surface area contributed by atoms with E-state index >= 15 is 0 Å². The molecule has 0 spiro atoms. The lowest BCUT2D eigenvalue weighted by atomic mass is 10.0. The highest BCUT2D eigenvalue weighted by Crippen LogP contribution is 2.42. The van der Waals surface area contributed by atoms with Crippen LogP contribution in [0.4, 0.5) is 0 Å². The molecule has 3 aliphatic rings. The summed E-state index contributed by atoms with van der Waals surface area (Å²) < 4.78 is 17.1. The molecule has 0 radical (unpaired) electrons. The maximum Gasteiger partial charge on any atom is 0.334 e. The Morgan fingerprint density at radius 2 is 0.949 bits per heavy atom. The molecule has 3 rings (SSSR count). The highest BCUT2D eigenvalue weighted by Gasteiger charge is 2.56. The second-order valence-corrected chi connectivity index (χ2v) is 12.8. The average Bonchev–Trinajstić information content (AvgIpc) is 3.83. The van der Waals surface area contributed by atoms with E-state index < -0.39 is 0 Å². The molecule has 0 aliphatic carbocycles. The molecule has 2 saturated heterocycles. The summed E-state index contributed by atoms with van der Waals surface area (Å²) in [7, 11) is 0. The molecule has 4 nitrogen and oxygen atoms in total. The van der Waals surface area contributed by atoms with E-state index in [4.69, 9.17) is 14.2 Å². The number of hydrogen-bond acceptors (Lipinski definition) is 4. The van der Waals surface area contributed by atoms with Crippen LogP contribution in [0, 0.1) is 0 Å². The van der Waals surface area contributed by atoms with E-state index in [1.54, 1.807) is 0 Å². The van der Waals surface area contributed by atoms with Crippen molar-refractivity contribution in [1.29, 1.82) is 0 Å². The normalized spacial score (nSPS) is 25.6. The van der Waals surface area contributed by atoms with Crippen molar-refractivity contribution in [3.63, 3.8) is 0 Å². The molecule has 0 aromatic carbocycles. The predicted octanol–water partition coefficient (Wildman–Crippen LogP) is 10.2. The minimum absolute atomic E-state index is 0.0344. The van der Waals surface area contributed by atoms with Gasteiger partial charge in [0.1, 0.15) is 18.3 Å². The van der Waals surface area contributed by atoms with Crippen molar-refractivity contribution in [1.82, 2.24) is 0 Å². The van der Waals surface area contributed by atoms with Crippen LogP contribution in [-0.4, -0.2) is 36.5 Å². The van der Waals surface area contributed by atoms with Crippen molar-refractivity contribution in [3.05, 3.63) is 11.6 Å². The molecular weight excluding hydrogens is 484 g/mol. The fraction of sp³-hybridized carbons (Fsp3) is 0.914. The van der Waals surface area contributed by atoms with Gasteiger partial charge in [-0.2, -0.15) is 0 Å². The Labute approximate surface area is 241 Å². The zero-order valence-electron chi connectivity index (χ0n) is 25.8. The third kappa shape index (κ3) is 14.5. The minimum atomic E-state index is -0.106. The van der Waals surface area contributed by atoms with E-state index in [1.165, 1.54) is 148 Å². The first kappa shape index (κ1) is 32.6. The number of rotatable bonds is 27. The highest BCUT2D eigenvalue weighted by molar-refractivity contribution is 5.90. The SMILES string of the molecule is CCCCCCCCCCCCCCCCCCCC1OC1C1OC1CCCCCCCC1=CC(C)OC1=O. The standard InChI is InChI=1S/C35H62O4/c1-3-4-5-6-7-8-9-10-11-12-13-14-15-16-17-20-23-26-31-33(38-31)34-32(39-34)27-24-21-18-19-22-25-30-28-29(2)37-35(30)36/h28-29,31-34H,3-27H2,1-2H3. The Balaban J connectivity index is 0.994. The first-order valence-corrected chi connectivity index (χ1v) is 17.4. The van der Waals surface area contributed by atoms with Crippen molar-refractivity contribution in [2.75, 3.05) is 0 Å². The molecule has 0 N–H and O–H groups in total. The quantitative estimate of drug-likeness (QED) is 0.0584. The molecular formula is C35H62O4. The van der Waals surface area contributed by atoms with E-state index in [0.29, 0.717) is 24.4 Å². The van der Waals surface area contributed by atoms with Crippen molar-refractivity contribution in [2.45, 2.75) is 205 Å². The topological polar surface area (TPSA) is 51.4 Å². The van der Waals surface area contributed by atoms with Crippen molar-refractivity contribution < 1.29 is 19.0 Å². The van der Waals surface area contributed by atoms with Crippen LogP contribution in [0.5, 0.6) is 0 Å². The maximum atomic E-state index is 11.6. The lowest BCUT2D eigenvalue weighted by molar-refractivity contribution is -0.139. The van der Waals surface area contributed by atoms with Gasteiger partial charge >= 0.3 is 5.97 Å². The number of ether oxygens (including phenoxy) is 3. The van der Waals surface area contributed by atoms with Crippen LogP contribution in [0.3, 0.4) is 0 Å². The first-order chi connectivity index (χ1) is 19.2. The minimum Gasteiger partial charge on any atom is -0.455 e. The smallest absolute Gasteiger partial charge is 0.334 e. The molecule has 226 valence electrons. The summed E-state index contributed by atoms with van der Waals surface area (Å²) in [5.41, 5.74) is 0.880. The zero-order chi connectivity index (χ0) is 27.5. The van der Waals surface area contributed by atoms with Crippen LogP contribution < -0.4 is 0 Å². The van der Waals surface area contributed by atoms with Gasteiger partial charge in [0.05, 0.1) is 12.2 Å². The van der Waals surface area contributed by atoms with E-state index in [1.807, 2.05) is 13.0 Å². The monoisotopic (exact) mass is 546 g/mol. The Hall–Kier alpha value is -0.870. The lowest BCUT2D eigenvalue weighted by Gasteiger charge is -2.03. The molecule has 39 heavy (non-hydrogen) atoms. The fourth-order valence-corrected chi connectivity index (χ4v) is 6.43. The molecule has 4 heteroatoms. The zero-order valence-corrected chi connectivity index (χ0v) is 25.8. The summed E-state index contributed by atoms with van der Waals surface area (Å²) in [4.78, 5) is 11.6. The van der Waals surface area contributed by atoms with E-state index in [2.05, 4.69) is 6.92 Å². The molecule has 3 heterocycles. The fourth-order valence-electron chi connectivity index (χ4n) is 6.43. The molecule has 0 aromatic rings. The number of hydrogen-bond donors (Lipinski definition) is 0. The van der Waals surface area contributed by atoms with Crippen LogP contribution in [0.2, 0.25) is 0 Å². The molecule has 0 saturated carbocycles. The van der Waals surface area contributed by atoms with Crippen LogP contribution in [-0.2, 0) is 19.0 Å². The average molecular weight is 547 g/mol. The van der Waals surface area contributed by atoms with Crippen LogP contribution in [0.1, 0.15) is 174 Å². The van der Waals surface area contributed by atoms with Gasteiger partial charge in [0.2, 0.25) is 0 Å². The number of carbonyl (C=O) groups excluding carboxylic acids is 1. The largest absolute Gasteiger partial charge is 0.455 e. The number of esters is 1. The molecule has 5 unspecified atom stereocenters. The molecule has 5 atom stereocenters. The van der Waals surface area contributed by atoms with Gasteiger partial charge in [0.25, 0.3) is 0 Å². The van der Waals surface area contributed by atoms with E-state index in [0.717, 1.165) is 18.4 Å². The summed E-state index contributed by atoms with van der Waals surface area (Å²) >= 11 is 0. The third-order valence-electron chi connectivity index (χ3n) is 9.09. The third-order valence-corrected chi connectivity index (χ3v) is 9.09. The number of epoxide rings is 2. The van der Waals surface area contributed by atoms with Crippen LogP contribution in [0.15, 0.2) is 11.6 Å². The van der Waals surface area contributed by atoms with Gasteiger partial charge in [-0.1, -0.05) is 142 Å². The lowest BCUT2D eigenvalue weighted by Crippen LogP contribution is -2.06. The molecule has 0 aromatic heterocycles. The van der Waals surface area contributed by atoms with Crippen molar-refractivity contribution in [3.8, 4) is 0 Å². The molecule has 0 bridgehead atoms. The predicted molar refractivity (Wildman–Crippen MR) is 162 cm³/mol. The second-order valence-electron chi connectivity index (χ2n) is 12.8. The number of carbonyl (C=O) groups is 1. The summed E-state index contributed by atoms with van der Waals surface area (Å²) in [5, 5.41) is 0. The first-order valence-electron chi connectivity index (χ1n) is 17.4. The molecule has 3 aliphatic heterocycles. The molecule has 2 fully saturated rings. The second kappa shape index (κ2) is 20.1. The highest BCUT2D eigenvalue weighted by atomic mass is 16.7. The summed E-state index contributed by atoms with van der Waals surface area (Å²) in [6.45, 7) is 4.22. The number of cyclic esters (lactones) is 1. The Morgan fingerprint density at radius 3 is 1.33 bits per heavy atom. The summed E-state index contributed by atoms with van der Waals surface area (Å²) in [6, 6.07) is 0. The van der Waals surface area contributed by atoms with Crippen LogP contribution in [0.25, 0.3) is 0 Å². The van der Waals surface area contributed by atoms with Gasteiger partial charge in [0.15, 0.2) is 0 Å². The van der Waals surface area contributed by atoms with Gasteiger partial charge in [-0.25, -0.2) is 4.79 Å². The number of unbranched alkanes of at least 4 members (excludes halogenated alkanes) is 20. The van der Waals surface area contributed by atoms with Gasteiger partial charge < -0.3 is 14.2 Å². The van der Waals surface area contributed by atoms with E-state index in [-0.39, 0.29) is 12.1 Å². The van der Waals surface area contributed by atoms with E-state index in [9.17, 15) is 4.79 Å². The maximum absolute atomic E-state index is 11.6. The van der Waals surface area contributed by atoms with Crippen molar-refractivity contribution in [2.24, 2.45) is 0 Å². The van der Waals surface area contributed by atoms with Crippen molar-refractivity contribution >= 4 is 5.97 Å². The summed E-state index contributed by atoms with van der Waals surface area (Å²) in [6.07, 6.45) is 37.3. The van der Waals surface area contributed by atoms with Gasteiger partial charge in [0, 0.05) is 5.57 Å². The Morgan fingerprint density at radius 1 is 0.564 bits per heavy atom. The molecule has 0 amide bonds. The Kier molecular flexibility index (Phi) is 16.8. The van der Waals surface area contributed by atoms with Gasteiger partial charge in [-0.3, -0.25) is 0 Å². The Bertz CT molecular complexity index is 674. The van der Waals surface area contributed by atoms with Gasteiger partial charge in [-0.05, 0) is 38.7 Å². The van der Waals surface area contributed by atoms with Gasteiger partial charge in [-0.15, -0.1) is 0 Å². The summed E-state index contributed by atoms with van der Waals surface area (Å²) in [5.74, 6) is -0.106. The van der Waals surface area contributed by atoms with Crippen LogP contribution >= 0.6 is 0 Å².